The first-order chi connectivity index (χ1) is 16.7. The number of amides is 3. The number of urea groups is 1. The molecule has 2 fully saturated rings. The van der Waals surface area contributed by atoms with Crippen LogP contribution in [0.2, 0.25) is 0 Å². The summed E-state index contributed by atoms with van der Waals surface area (Å²) in [6.07, 6.45) is 8.09. The van der Waals surface area contributed by atoms with Crippen LogP contribution in [0, 0.1) is 5.92 Å². The lowest BCUT2D eigenvalue weighted by Crippen LogP contribution is -2.49. The number of carbonyl (C=O) groups is 2. The van der Waals surface area contributed by atoms with Crippen molar-refractivity contribution in [3.05, 3.63) is 71.8 Å². The first kappa shape index (κ1) is 21.2. The molecule has 5 heteroatoms. The second-order valence-corrected chi connectivity index (χ2v) is 9.95. The van der Waals surface area contributed by atoms with E-state index in [1.807, 2.05) is 60.7 Å². The summed E-state index contributed by atoms with van der Waals surface area (Å²) in [6, 6.07) is 20.2. The molecule has 1 aliphatic carbocycles. The fourth-order valence-electron chi connectivity index (χ4n) is 6.31. The van der Waals surface area contributed by atoms with Gasteiger partial charge in [0.05, 0.1) is 5.69 Å². The predicted molar refractivity (Wildman–Crippen MR) is 136 cm³/mol. The van der Waals surface area contributed by atoms with Gasteiger partial charge in [-0.1, -0.05) is 49.2 Å². The Morgan fingerprint density at radius 3 is 2.62 bits per heavy atom. The standard InChI is InChI=1S/C29H31N3O2/c33-28(31-17-6-10-21-8-2-4-13-26(21)31)23-14-15-27-22(19-23)16-18-32(27)29(34)30-25-12-5-9-20-7-1-3-11-24(20)25/h1,3,5,7,9,11-12,14-15,19,21,26H,2,4,6,8,10,13,16-18H2,(H,30,34)/t21-,26-/m1/s1. The van der Waals surface area contributed by atoms with Gasteiger partial charge in [-0.3, -0.25) is 9.69 Å². The van der Waals surface area contributed by atoms with E-state index < -0.39 is 0 Å². The molecule has 3 aromatic carbocycles. The van der Waals surface area contributed by atoms with Crippen LogP contribution in [0.3, 0.4) is 0 Å². The molecular weight excluding hydrogens is 422 g/mol. The minimum Gasteiger partial charge on any atom is -0.335 e. The second-order valence-electron chi connectivity index (χ2n) is 9.95. The summed E-state index contributed by atoms with van der Waals surface area (Å²) in [5.74, 6) is 0.840. The third-order valence-electron chi connectivity index (χ3n) is 8.00. The fraction of sp³-hybridized carbons (Fsp3) is 0.379. The van der Waals surface area contributed by atoms with Crippen LogP contribution in [0.15, 0.2) is 60.7 Å². The number of hydrogen-bond acceptors (Lipinski definition) is 2. The number of carbonyl (C=O) groups excluding carboxylic acids is 2. The Morgan fingerprint density at radius 1 is 0.853 bits per heavy atom. The predicted octanol–water partition coefficient (Wildman–Crippen LogP) is 6.23. The molecule has 2 heterocycles. The molecule has 3 aromatic rings. The van der Waals surface area contributed by atoms with Gasteiger partial charge in [-0.2, -0.15) is 0 Å². The molecule has 6 rings (SSSR count). The SMILES string of the molecule is O=C(Nc1cccc2ccccc12)N1CCc2cc(C(=O)N3CCC[C@H]4CCCC[C@H]43)ccc21. The smallest absolute Gasteiger partial charge is 0.326 e. The van der Waals surface area contributed by atoms with Crippen LogP contribution in [0.25, 0.3) is 10.8 Å². The summed E-state index contributed by atoms with van der Waals surface area (Å²) >= 11 is 0. The Bertz CT molecular complexity index is 1250. The Hall–Kier alpha value is -3.34. The van der Waals surface area contributed by atoms with Crippen LogP contribution in [-0.2, 0) is 6.42 Å². The highest BCUT2D eigenvalue weighted by atomic mass is 16.2. The molecular formula is C29H31N3O2. The van der Waals surface area contributed by atoms with Gasteiger partial charge in [-0.25, -0.2) is 4.79 Å². The molecule has 34 heavy (non-hydrogen) atoms. The lowest BCUT2D eigenvalue weighted by molar-refractivity contribution is 0.0390. The van der Waals surface area contributed by atoms with E-state index in [0.717, 1.165) is 59.1 Å². The zero-order chi connectivity index (χ0) is 23.1. The number of piperidine rings is 1. The number of nitrogens with zero attached hydrogens (tertiary/aromatic N) is 2. The highest BCUT2D eigenvalue weighted by Crippen LogP contribution is 2.37. The molecule has 0 aromatic heterocycles. The van der Waals surface area contributed by atoms with Crippen LogP contribution in [0.5, 0.6) is 0 Å². The Labute approximate surface area is 200 Å². The van der Waals surface area contributed by atoms with Crippen molar-refractivity contribution in [1.82, 2.24) is 4.90 Å². The highest BCUT2D eigenvalue weighted by molar-refractivity contribution is 6.08. The normalized spacial score (nSPS) is 21.8. The largest absolute Gasteiger partial charge is 0.335 e. The number of rotatable bonds is 2. The number of hydrogen-bond donors (Lipinski definition) is 1. The fourth-order valence-corrected chi connectivity index (χ4v) is 6.31. The third kappa shape index (κ3) is 3.73. The van der Waals surface area contributed by atoms with Crippen molar-refractivity contribution < 1.29 is 9.59 Å². The van der Waals surface area contributed by atoms with E-state index in [1.54, 1.807) is 4.90 Å². The van der Waals surface area contributed by atoms with Gasteiger partial charge in [0.2, 0.25) is 0 Å². The van der Waals surface area contributed by atoms with Crippen molar-refractivity contribution in [3.8, 4) is 0 Å². The van der Waals surface area contributed by atoms with Crippen LogP contribution in [-0.4, -0.2) is 36.0 Å². The van der Waals surface area contributed by atoms with Crippen molar-refractivity contribution in [1.29, 1.82) is 0 Å². The quantitative estimate of drug-likeness (QED) is 0.500. The Balaban J connectivity index is 1.21. The average molecular weight is 454 g/mol. The number of fused-ring (bicyclic) bond motifs is 3. The van der Waals surface area contributed by atoms with Crippen molar-refractivity contribution in [2.75, 3.05) is 23.3 Å². The van der Waals surface area contributed by atoms with E-state index in [1.165, 1.54) is 25.7 Å². The molecule has 0 bridgehead atoms. The van der Waals surface area contributed by atoms with E-state index in [4.69, 9.17) is 0 Å². The summed E-state index contributed by atoms with van der Waals surface area (Å²) in [7, 11) is 0. The van der Waals surface area contributed by atoms with Gasteiger partial charge in [0, 0.05) is 35.8 Å². The first-order valence-corrected chi connectivity index (χ1v) is 12.7. The average Bonchev–Trinajstić information content (AvgIpc) is 3.32. The molecule has 3 aliphatic rings. The molecule has 0 unspecified atom stereocenters. The van der Waals surface area contributed by atoms with Crippen molar-refractivity contribution in [2.45, 2.75) is 51.0 Å². The van der Waals surface area contributed by atoms with Gasteiger partial charge >= 0.3 is 6.03 Å². The first-order valence-electron chi connectivity index (χ1n) is 12.7. The van der Waals surface area contributed by atoms with Crippen LogP contribution in [0.1, 0.15) is 54.4 Å². The molecule has 174 valence electrons. The zero-order valence-corrected chi connectivity index (χ0v) is 19.5. The van der Waals surface area contributed by atoms with E-state index in [0.29, 0.717) is 18.5 Å². The summed E-state index contributed by atoms with van der Waals surface area (Å²) in [4.78, 5) is 30.6. The molecule has 1 saturated heterocycles. The maximum absolute atomic E-state index is 13.5. The van der Waals surface area contributed by atoms with Gasteiger partial charge in [0.15, 0.2) is 0 Å². The van der Waals surface area contributed by atoms with Crippen LogP contribution in [0.4, 0.5) is 16.2 Å². The second kappa shape index (κ2) is 8.79. The number of nitrogens with one attached hydrogen (secondary N) is 1. The topological polar surface area (TPSA) is 52.7 Å². The third-order valence-corrected chi connectivity index (χ3v) is 8.00. The van der Waals surface area contributed by atoms with Crippen molar-refractivity contribution >= 4 is 34.1 Å². The van der Waals surface area contributed by atoms with E-state index in [9.17, 15) is 9.59 Å². The minimum absolute atomic E-state index is 0.129. The highest BCUT2D eigenvalue weighted by Gasteiger charge is 2.36. The molecule has 3 amide bonds. The maximum atomic E-state index is 13.5. The minimum atomic E-state index is -0.129. The number of likely N-dealkylation sites (tertiary alicyclic amines) is 1. The molecule has 1 N–H and O–H groups in total. The number of benzene rings is 3. The molecule has 2 aliphatic heterocycles. The number of anilines is 2. The van der Waals surface area contributed by atoms with E-state index in [-0.39, 0.29) is 11.9 Å². The van der Waals surface area contributed by atoms with Gasteiger partial charge in [0.25, 0.3) is 5.91 Å². The van der Waals surface area contributed by atoms with Crippen molar-refractivity contribution in [3.63, 3.8) is 0 Å². The zero-order valence-electron chi connectivity index (χ0n) is 19.5. The van der Waals surface area contributed by atoms with Gasteiger partial charge in [-0.05, 0) is 73.2 Å². The van der Waals surface area contributed by atoms with Crippen LogP contribution >= 0.6 is 0 Å². The monoisotopic (exact) mass is 453 g/mol. The van der Waals surface area contributed by atoms with Gasteiger partial charge in [-0.15, -0.1) is 0 Å². The van der Waals surface area contributed by atoms with Crippen molar-refractivity contribution in [2.24, 2.45) is 5.92 Å². The van der Waals surface area contributed by atoms with Crippen LogP contribution < -0.4 is 10.2 Å². The molecule has 2 atom stereocenters. The molecule has 0 radical (unpaired) electrons. The summed E-state index contributed by atoms with van der Waals surface area (Å²) in [6.45, 7) is 1.49. The van der Waals surface area contributed by atoms with Gasteiger partial charge in [0.1, 0.15) is 0 Å². The maximum Gasteiger partial charge on any atom is 0.326 e. The summed E-state index contributed by atoms with van der Waals surface area (Å²) < 4.78 is 0. The van der Waals surface area contributed by atoms with E-state index in [2.05, 4.69) is 10.2 Å². The summed E-state index contributed by atoms with van der Waals surface area (Å²) in [5, 5.41) is 5.23. The lowest BCUT2D eigenvalue weighted by Gasteiger charge is -2.44. The Kier molecular flexibility index (Phi) is 5.48. The Morgan fingerprint density at radius 2 is 1.68 bits per heavy atom. The summed E-state index contributed by atoms with van der Waals surface area (Å²) in [5.41, 5.74) is 3.57. The van der Waals surface area contributed by atoms with Gasteiger partial charge < -0.3 is 10.2 Å². The van der Waals surface area contributed by atoms with E-state index >= 15 is 0 Å². The lowest BCUT2D eigenvalue weighted by atomic mass is 9.78. The molecule has 5 nitrogen and oxygen atoms in total. The molecule has 0 spiro atoms. The molecule has 1 saturated carbocycles.